The number of aromatic amines is 1. The van der Waals surface area contributed by atoms with Crippen molar-refractivity contribution < 1.29 is 24.6 Å². The number of rotatable bonds is 6. The summed E-state index contributed by atoms with van der Waals surface area (Å²) >= 11 is 1.25. The first-order chi connectivity index (χ1) is 11.3. The number of aliphatic carboxylic acids is 2. The van der Waals surface area contributed by atoms with Crippen molar-refractivity contribution >= 4 is 42.0 Å². The van der Waals surface area contributed by atoms with E-state index in [1.807, 2.05) is 0 Å². The topological polar surface area (TPSA) is 171 Å². The van der Waals surface area contributed by atoms with Gasteiger partial charge in [-0.1, -0.05) is 11.8 Å². The summed E-state index contributed by atoms with van der Waals surface area (Å²) in [6, 6.07) is -0.886. The van der Waals surface area contributed by atoms with Crippen LogP contribution in [0.3, 0.4) is 0 Å². The van der Waals surface area contributed by atoms with E-state index in [0.717, 1.165) is 0 Å². The number of carbonyl (C=O) groups is 3. The summed E-state index contributed by atoms with van der Waals surface area (Å²) in [5.41, 5.74) is 3.89. The number of carbonyl (C=O) groups excluding carboxylic acids is 1. The van der Waals surface area contributed by atoms with Crippen LogP contribution < -0.4 is 11.1 Å². The van der Waals surface area contributed by atoms with Crippen molar-refractivity contribution in [2.24, 2.45) is 23.5 Å². The van der Waals surface area contributed by atoms with E-state index in [0.29, 0.717) is 5.16 Å². The lowest BCUT2D eigenvalue weighted by atomic mass is 9.89. The number of hydrogen-bond acceptors (Lipinski definition) is 7. The molecule has 2 fully saturated rings. The van der Waals surface area contributed by atoms with Crippen molar-refractivity contribution in [1.29, 1.82) is 0 Å². The Morgan fingerprint density at radius 1 is 1.48 bits per heavy atom. The Labute approximate surface area is 152 Å². The molecule has 2 aliphatic rings. The predicted molar refractivity (Wildman–Crippen MR) is 88.2 cm³/mol. The van der Waals surface area contributed by atoms with E-state index in [2.05, 4.69) is 20.5 Å². The van der Waals surface area contributed by atoms with Crippen LogP contribution in [0.15, 0.2) is 11.5 Å². The Kier molecular flexibility index (Phi) is 5.30. The fourth-order valence-electron chi connectivity index (χ4n) is 3.61. The standard InChI is InChI=1S/C13H17N5O5S.ClH/c1-4(14)9(19)17-13(11(22)23)2-5(24-12-15-3-16-18-12)6-7(8(6)13)10(20)21;/h3-8H,2,14H2,1H3,(H,17,19)(H,20,21)(H,22,23)(H,15,16,18);1H/t4-,5+,6?,7-,8-,13-;/m0./s1. The second-order valence-corrected chi connectivity index (χ2v) is 7.40. The summed E-state index contributed by atoms with van der Waals surface area (Å²) in [6.45, 7) is 1.44. The lowest BCUT2D eigenvalue weighted by molar-refractivity contribution is -0.149. The largest absolute Gasteiger partial charge is 0.481 e. The van der Waals surface area contributed by atoms with E-state index in [-0.39, 0.29) is 30.0 Å². The number of thioether (sulfide) groups is 1. The first-order valence-electron chi connectivity index (χ1n) is 7.33. The van der Waals surface area contributed by atoms with Gasteiger partial charge in [0.2, 0.25) is 5.91 Å². The van der Waals surface area contributed by atoms with Gasteiger partial charge in [0.05, 0.1) is 12.0 Å². The molecule has 1 unspecified atom stereocenters. The molecule has 138 valence electrons. The van der Waals surface area contributed by atoms with Gasteiger partial charge in [0.1, 0.15) is 11.9 Å². The van der Waals surface area contributed by atoms with Gasteiger partial charge < -0.3 is 21.3 Å². The molecule has 0 aliphatic heterocycles. The van der Waals surface area contributed by atoms with Gasteiger partial charge in [-0.3, -0.25) is 14.7 Å². The predicted octanol–water partition coefficient (Wildman–Crippen LogP) is -0.675. The molecule has 1 heterocycles. The summed E-state index contributed by atoms with van der Waals surface area (Å²) in [7, 11) is 0. The molecule has 1 aromatic rings. The molecule has 0 aromatic carbocycles. The number of hydrogen-bond donors (Lipinski definition) is 5. The molecule has 12 heteroatoms. The van der Waals surface area contributed by atoms with E-state index in [1.54, 1.807) is 0 Å². The number of aromatic nitrogens is 3. The van der Waals surface area contributed by atoms with Gasteiger partial charge >= 0.3 is 11.9 Å². The van der Waals surface area contributed by atoms with E-state index in [9.17, 15) is 24.6 Å². The molecule has 0 bridgehead atoms. The zero-order chi connectivity index (χ0) is 17.6. The van der Waals surface area contributed by atoms with Crippen LogP contribution in [-0.4, -0.2) is 60.1 Å². The molecule has 0 spiro atoms. The maximum absolute atomic E-state index is 12.0. The van der Waals surface area contributed by atoms with E-state index in [1.165, 1.54) is 25.0 Å². The average molecular weight is 392 g/mol. The van der Waals surface area contributed by atoms with Gasteiger partial charge in [0, 0.05) is 11.2 Å². The molecular formula is C13H18ClN5O5S. The van der Waals surface area contributed by atoms with Crippen molar-refractivity contribution in [3.05, 3.63) is 6.33 Å². The minimum atomic E-state index is -1.63. The van der Waals surface area contributed by atoms with Crippen LogP contribution >= 0.6 is 24.2 Å². The lowest BCUT2D eigenvalue weighted by Gasteiger charge is -2.30. The zero-order valence-electron chi connectivity index (χ0n) is 13.1. The second-order valence-electron chi connectivity index (χ2n) is 6.17. The number of nitrogens with zero attached hydrogens (tertiary/aromatic N) is 2. The number of nitrogens with two attached hydrogens (primary N) is 1. The molecule has 2 aliphatic carbocycles. The number of H-pyrrole nitrogens is 1. The summed E-state index contributed by atoms with van der Waals surface area (Å²) in [5.74, 6) is -4.76. The number of fused-ring (bicyclic) bond motifs is 1. The van der Waals surface area contributed by atoms with Crippen LogP contribution in [0, 0.1) is 17.8 Å². The Morgan fingerprint density at radius 3 is 2.64 bits per heavy atom. The van der Waals surface area contributed by atoms with Crippen molar-refractivity contribution in [3.8, 4) is 0 Å². The van der Waals surface area contributed by atoms with Gasteiger partial charge in [-0.25, -0.2) is 9.78 Å². The van der Waals surface area contributed by atoms with Crippen molar-refractivity contribution in [2.45, 2.75) is 35.3 Å². The van der Waals surface area contributed by atoms with Crippen LogP contribution in [0.2, 0.25) is 0 Å². The van der Waals surface area contributed by atoms with E-state index in [4.69, 9.17) is 5.73 Å². The first kappa shape index (κ1) is 19.5. The highest BCUT2D eigenvalue weighted by Gasteiger charge is 2.75. The Bertz CT molecular complexity index is 686. The van der Waals surface area contributed by atoms with Crippen LogP contribution in [0.5, 0.6) is 0 Å². The molecule has 0 radical (unpaired) electrons. The number of nitrogens with one attached hydrogen (secondary N) is 2. The van der Waals surface area contributed by atoms with Crippen LogP contribution in [0.1, 0.15) is 13.3 Å². The van der Waals surface area contributed by atoms with Crippen molar-refractivity contribution in [2.75, 3.05) is 0 Å². The molecule has 0 saturated heterocycles. The van der Waals surface area contributed by atoms with Crippen molar-refractivity contribution in [1.82, 2.24) is 20.5 Å². The summed E-state index contributed by atoms with van der Waals surface area (Å²) in [6.07, 6.45) is 1.42. The number of halogens is 1. The Hall–Kier alpha value is -1.85. The monoisotopic (exact) mass is 391 g/mol. The van der Waals surface area contributed by atoms with Gasteiger partial charge in [0.25, 0.3) is 0 Å². The number of amides is 1. The fraction of sp³-hybridized carbons (Fsp3) is 0.615. The second kappa shape index (κ2) is 6.81. The molecule has 1 aromatic heterocycles. The minimum absolute atomic E-state index is 0. The molecule has 2 saturated carbocycles. The highest BCUT2D eigenvalue weighted by Crippen LogP contribution is 2.65. The highest BCUT2D eigenvalue weighted by atomic mass is 35.5. The SMILES string of the molecule is C[C@H](N)C(=O)N[C@@]1(C(=O)O)C[C@@H](Sc2ncn[nH]2)C2[C@H](C(=O)O)[C@H]21.Cl. The van der Waals surface area contributed by atoms with Crippen LogP contribution in [-0.2, 0) is 14.4 Å². The summed E-state index contributed by atoms with van der Waals surface area (Å²) in [4.78, 5) is 39.4. The lowest BCUT2D eigenvalue weighted by Crippen LogP contribution is -2.59. The Morgan fingerprint density at radius 2 is 2.16 bits per heavy atom. The highest BCUT2D eigenvalue weighted by molar-refractivity contribution is 7.99. The van der Waals surface area contributed by atoms with Gasteiger partial charge in [0.15, 0.2) is 5.16 Å². The molecule has 3 rings (SSSR count). The smallest absolute Gasteiger partial charge is 0.329 e. The van der Waals surface area contributed by atoms with Gasteiger partial charge in [-0.15, -0.1) is 12.4 Å². The minimum Gasteiger partial charge on any atom is -0.481 e. The third-order valence-corrected chi connectivity index (χ3v) is 5.88. The normalized spacial score (nSPS) is 33.7. The quantitative estimate of drug-likeness (QED) is 0.421. The van der Waals surface area contributed by atoms with E-state index >= 15 is 0 Å². The van der Waals surface area contributed by atoms with Gasteiger partial charge in [-0.2, -0.15) is 5.10 Å². The van der Waals surface area contributed by atoms with Gasteiger partial charge in [-0.05, 0) is 19.3 Å². The van der Waals surface area contributed by atoms with Crippen LogP contribution in [0.4, 0.5) is 0 Å². The van der Waals surface area contributed by atoms with E-state index < -0.39 is 41.3 Å². The summed E-state index contributed by atoms with van der Waals surface area (Å²) in [5, 5.41) is 28.2. The molecule has 6 atom stereocenters. The Balaban J connectivity index is 0.00000225. The molecule has 6 N–H and O–H groups in total. The third-order valence-electron chi connectivity index (χ3n) is 4.68. The maximum Gasteiger partial charge on any atom is 0.329 e. The van der Waals surface area contributed by atoms with Crippen LogP contribution in [0.25, 0.3) is 0 Å². The fourth-order valence-corrected chi connectivity index (χ4v) is 4.95. The maximum atomic E-state index is 12.0. The first-order valence-corrected chi connectivity index (χ1v) is 8.21. The number of carboxylic acid groups (broad SMARTS) is 2. The molecule has 25 heavy (non-hydrogen) atoms. The average Bonchev–Trinajstić information content (AvgIpc) is 2.90. The summed E-state index contributed by atoms with van der Waals surface area (Å²) < 4.78 is 0. The molecule has 1 amide bonds. The zero-order valence-corrected chi connectivity index (χ0v) is 14.7. The van der Waals surface area contributed by atoms with Crippen molar-refractivity contribution in [3.63, 3.8) is 0 Å². The molecular weight excluding hydrogens is 374 g/mol. The number of carboxylic acids is 2. The molecule has 10 nitrogen and oxygen atoms in total. The third kappa shape index (κ3) is 3.18.